The quantitative estimate of drug-likeness (QED) is 0.185. The monoisotopic (exact) mass is 566 g/mol. The lowest BCUT2D eigenvalue weighted by Crippen LogP contribution is -2.20. The van der Waals surface area contributed by atoms with Gasteiger partial charge in [0.1, 0.15) is 4.32 Å². The first-order valence-corrected chi connectivity index (χ1v) is 14.3. The number of hydrogen-bond acceptors (Lipinski definition) is 0. The maximum atomic E-state index is 4.48. The number of halogens is 1. The molecule has 0 amide bonds. The predicted octanol–water partition coefficient (Wildman–Crippen LogP) is 10.4. The van der Waals surface area contributed by atoms with Gasteiger partial charge in [-0.2, -0.15) is 0 Å². The van der Waals surface area contributed by atoms with Crippen molar-refractivity contribution in [3.05, 3.63) is 178 Å². The van der Waals surface area contributed by atoms with Crippen LogP contribution in [0.2, 0.25) is 0 Å². The van der Waals surface area contributed by atoms with Crippen LogP contribution in [0.1, 0.15) is 44.5 Å². The van der Waals surface area contributed by atoms with Crippen LogP contribution in [-0.2, 0) is 4.32 Å². The van der Waals surface area contributed by atoms with E-state index in [9.17, 15) is 0 Å². The van der Waals surface area contributed by atoms with Crippen LogP contribution in [-0.4, -0.2) is 0 Å². The van der Waals surface area contributed by atoms with Crippen LogP contribution in [0.4, 0.5) is 0 Å². The van der Waals surface area contributed by atoms with E-state index in [0.29, 0.717) is 0 Å². The number of aryl methyl sites for hydroxylation is 3. The Morgan fingerprint density at radius 1 is 0.462 bits per heavy atom. The van der Waals surface area contributed by atoms with Crippen molar-refractivity contribution in [2.24, 2.45) is 0 Å². The Balaban J connectivity index is 1.87. The highest BCUT2D eigenvalue weighted by atomic mass is 79.9. The van der Waals surface area contributed by atoms with Crippen LogP contribution >= 0.6 is 15.9 Å². The van der Waals surface area contributed by atoms with E-state index >= 15 is 0 Å². The third kappa shape index (κ3) is 4.32. The zero-order chi connectivity index (χ0) is 27.0. The van der Waals surface area contributed by atoms with E-state index in [4.69, 9.17) is 0 Å². The summed E-state index contributed by atoms with van der Waals surface area (Å²) < 4.78 is -0.568. The topological polar surface area (TPSA) is 0 Å². The third-order valence-electron chi connectivity index (χ3n) is 7.72. The Kier molecular flexibility index (Phi) is 6.71. The lowest BCUT2D eigenvalue weighted by molar-refractivity contribution is 1.07. The van der Waals surface area contributed by atoms with Crippen LogP contribution in [0.5, 0.6) is 0 Å². The molecule has 1 atom stereocenters. The molecule has 0 saturated heterocycles. The summed E-state index contributed by atoms with van der Waals surface area (Å²) in [5.74, 6) is 0. The second-order valence-electron chi connectivity index (χ2n) is 10.4. The second kappa shape index (κ2) is 10.3. The van der Waals surface area contributed by atoms with Crippen LogP contribution in [0, 0.1) is 20.8 Å². The van der Waals surface area contributed by atoms with Crippen LogP contribution in [0.15, 0.2) is 133 Å². The molecule has 0 heterocycles. The minimum atomic E-state index is -0.568. The Morgan fingerprint density at radius 2 is 0.846 bits per heavy atom. The van der Waals surface area contributed by atoms with Gasteiger partial charge in [-0.1, -0.05) is 155 Å². The molecular weight excluding hydrogens is 536 g/mol. The number of allylic oxidation sites excluding steroid dienone is 4. The molecule has 1 unspecified atom stereocenters. The zero-order valence-electron chi connectivity index (χ0n) is 22.6. The molecule has 5 aromatic rings. The van der Waals surface area contributed by atoms with Gasteiger partial charge in [0, 0.05) is 0 Å². The Hall–Kier alpha value is -3.94. The van der Waals surface area contributed by atoms with E-state index in [0.717, 1.165) is 0 Å². The molecule has 0 spiro atoms. The summed E-state index contributed by atoms with van der Waals surface area (Å²) in [5.41, 5.74) is 15.2. The van der Waals surface area contributed by atoms with E-state index in [2.05, 4.69) is 170 Å². The van der Waals surface area contributed by atoms with Gasteiger partial charge in [0.05, 0.1) is 0 Å². The number of hydrogen-bond donors (Lipinski definition) is 0. The van der Waals surface area contributed by atoms with Gasteiger partial charge in [-0.3, -0.25) is 0 Å². The summed E-state index contributed by atoms with van der Waals surface area (Å²) in [6.07, 6.45) is 0. The smallest absolute Gasteiger partial charge is 0.0695 e. The molecule has 6 rings (SSSR count). The van der Waals surface area contributed by atoms with Gasteiger partial charge in [-0.05, 0) is 82.0 Å². The van der Waals surface area contributed by atoms with E-state index < -0.39 is 4.32 Å². The molecule has 39 heavy (non-hydrogen) atoms. The van der Waals surface area contributed by atoms with Gasteiger partial charge in [0.25, 0.3) is 0 Å². The third-order valence-corrected chi connectivity index (χ3v) is 8.98. The van der Waals surface area contributed by atoms with Crippen molar-refractivity contribution in [3.63, 3.8) is 0 Å². The van der Waals surface area contributed by atoms with Gasteiger partial charge in [-0.15, -0.1) is 0 Å². The number of rotatable bonds is 5. The molecule has 0 saturated carbocycles. The van der Waals surface area contributed by atoms with Crippen molar-refractivity contribution < 1.29 is 0 Å². The fourth-order valence-electron chi connectivity index (χ4n) is 6.29. The van der Waals surface area contributed by atoms with Gasteiger partial charge in [0.2, 0.25) is 0 Å². The fraction of sp³-hybridized carbons (Fsp3) is 0.105. The molecule has 0 nitrogen and oxygen atoms in total. The standard InChI is InChI=1S/C38H31Br/c1-26-24-27(2)33(28(3)25-26)35-34(29-16-8-4-9-17-29)36(30-18-10-5-11-19-30)38(39,32-22-14-7-15-23-32)37(35)31-20-12-6-13-21-31/h4-25H,1-3H3. The van der Waals surface area contributed by atoms with Crippen LogP contribution in [0.25, 0.3) is 22.3 Å². The molecule has 1 heteroatoms. The molecule has 1 aliphatic rings. The summed E-state index contributed by atoms with van der Waals surface area (Å²) in [6, 6.07) is 48.2. The Labute approximate surface area is 240 Å². The van der Waals surface area contributed by atoms with Gasteiger partial charge in [0.15, 0.2) is 0 Å². The largest absolute Gasteiger partial charge is 0.103 e. The first kappa shape index (κ1) is 25.3. The van der Waals surface area contributed by atoms with Crippen molar-refractivity contribution >= 4 is 38.2 Å². The van der Waals surface area contributed by atoms with Gasteiger partial charge >= 0.3 is 0 Å². The summed E-state index contributed by atoms with van der Waals surface area (Å²) in [5, 5.41) is 0. The van der Waals surface area contributed by atoms with E-state index in [1.165, 1.54) is 66.8 Å². The summed E-state index contributed by atoms with van der Waals surface area (Å²) >= 11 is 4.48. The molecule has 5 aromatic carbocycles. The lowest BCUT2D eigenvalue weighted by atomic mass is 9.80. The van der Waals surface area contributed by atoms with Crippen LogP contribution < -0.4 is 0 Å². The van der Waals surface area contributed by atoms with Gasteiger partial charge in [-0.25, -0.2) is 0 Å². The average Bonchev–Trinajstić information content (AvgIpc) is 3.24. The maximum Gasteiger partial charge on any atom is 0.103 e. The highest BCUT2D eigenvalue weighted by Crippen LogP contribution is 2.65. The molecule has 0 aromatic heterocycles. The molecule has 0 aliphatic heterocycles. The zero-order valence-corrected chi connectivity index (χ0v) is 24.2. The minimum absolute atomic E-state index is 0.568. The summed E-state index contributed by atoms with van der Waals surface area (Å²) in [7, 11) is 0. The first-order valence-electron chi connectivity index (χ1n) is 13.5. The maximum absolute atomic E-state index is 4.48. The molecule has 1 aliphatic carbocycles. The number of benzene rings is 5. The lowest BCUT2D eigenvalue weighted by Gasteiger charge is -2.32. The summed E-state index contributed by atoms with van der Waals surface area (Å²) in [4.78, 5) is 0. The van der Waals surface area contributed by atoms with Crippen molar-refractivity contribution in [1.82, 2.24) is 0 Å². The van der Waals surface area contributed by atoms with Crippen molar-refractivity contribution in [3.8, 4) is 0 Å². The van der Waals surface area contributed by atoms with Crippen molar-refractivity contribution in [2.45, 2.75) is 25.1 Å². The first-order chi connectivity index (χ1) is 19.0. The average molecular weight is 568 g/mol. The highest BCUT2D eigenvalue weighted by Gasteiger charge is 2.48. The van der Waals surface area contributed by atoms with Gasteiger partial charge < -0.3 is 0 Å². The molecular formula is C38H31Br. The molecule has 0 N–H and O–H groups in total. The second-order valence-corrected chi connectivity index (χ2v) is 11.6. The SMILES string of the molecule is Cc1cc(C)c(C2=C(c3ccccc3)C(Br)(c3ccccc3)C(c3ccccc3)=C2c2ccccc2)c(C)c1. The molecule has 0 bridgehead atoms. The molecule has 0 fully saturated rings. The normalized spacial score (nSPS) is 17.1. The van der Waals surface area contributed by atoms with E-state index in [-0.39, 0.29) is 0 Å². The summed E-state index contributed by atoms with van der Waals surface area (Å²) in [6.45, 7) is 6.70. The van der Waals surface area contributed by atoms with E-state index in [1.807, 2.05) is 0 Å². The Bertz CT molecular complexity index is 1670. The molecule has 0 radical (unpaired) electrons. The Morgan fingerprint density at radius 3 is 1.31 bits per heavy atom. The van der Waals surface area contributed by atoms with Crippen LogP contribution in [0.3, 0.4) is 0 Å². The van der Waals surface area contributed by atoms with Crippen molar-refractivity contribution in [1.29, 1.82) is 0 Å². The molecule has 190 valence electrons. The predicted molar refractivity (Wildman–Crippen MR) is 171 cm³/mol. The minimum Gasteiger partial charge on any atom is -0.0695 e. The number of alkyl halides is 1. The van der Waals surface area contributed by atoms with E-state index in [1.54, 1.807) is 0 Å². The van der Waals surface area contributed by atoms with Crippen molar-refractivity contribution in [2.75, 3.05) is 0 Å². The fourth-order valence-corrected chi connectivity index (χ4v) is 7.41. The highest BCUT2D eigenvalue weighted by molar-refractivity contribution is 9.10.